The molecule has 1 fully saturated rings. The summed E-state index contributed by atoms with van der Waals surface area (Å²) in [7, 11) is 1.58. The summed E-state index contributed by atoms with van der Waals surface area (Å²) < 4.78 is 5.52. The number of benzene rings is 2. The van der Waals surface area contributed by atoms with E-state index < -0.39 is 0 Å². The van der Waals surface area contributed by atoms with Crippen LogP contribution in [0.25, 0.3) is 22.3 Å². The Balaban J connectivity index is 1.36. The number of ether oxygens (including phenoxy) is 1. The number of nitrogens with one attached hydrogen (secondary N) is 4. The number of fused-ring (bicyclic) bond motifs is 1. The third kappa shape index (κ3) is 4.13. The van der Waals surface area contributed by atoms with E-state index in [9.17, 15) is 4.79 Å². The standard InChI is InChI=1S/C24H24N6O2/c1-32-22-11-16(24(31)27-17-8-9-25-12-17)6-7-19(22)29-23-14-26-13-21(30-23)20-10-15-4-2-3-5-18(15)28-20/h2-7,10-11,13-14,17,25,28H,8-9,12H2,1H3,(H,27,31)(H,29,30)/t17-/m0/s1. The maximum absolute atomic E-state index is 12.6. The van der Waals surface area contributed by atoms with Crippen molar-refractivity contribution < 1.29 is 9.53 Å². The molecule has 1 amide bonds. The molecular formula is C24H24N6O2. The first-order valence-electron chi connectivity index (χ1n) is 10.6. The van der Waals surface area contributed by atoms with E-state index in [4.69, 9.17) is 4.74 Å². The Kier molecular flexibility index (Phi) is 5.43. The Morgan fingerprint density at radius 2 is 2.06 bits per heavy atom. The van der Waals surface area contributed by atoms with E-state index in [1.807, 2.05) is 24.3 Å². The van der Waals surface area contributed by atoms with Crippen LogP contribution in [0, 0.1) is 0 Å². The summed E-state index contributed by atoms with van der Waals surface area (Å²) in [5, 5.41) is 10.7. The highest BCUT2D eigenvalue weighted by molar-refractivity contribution is 5.95. The smallest absolute Gasteiger partial charge is 0.251 e. The Morgan fingerprint density at radius 1 is 1.16 bits per heavy atom. The minimum Gasteiger partial charge on any atom is -0.495 e. The second kappa shape index (κ2) is 8.68. The first kappa shape index (κ1) is 20.0. The maximum Gasteiger partial charge on any atom is 0.251 e. The Morgan fingerprint density at radius 3 is 2.88 bits per heavy atom. The average Bonchev–Trinajstić information content (AvgIpc) is 3.49. The van der Waals surface area contributed by atoms with Gasteiger partial charge in [-0.05, 0) is 43.3 Å². The van der Waals surface area contributed by atoms with E-state index in [0.29, 0.717) is 22.8 Å². The number of aromatic nitrogens is 3. The monoisotopic (exact) mass is 428 g/mol. The number of hydrogen-bond acceptors (Lipinski definition) is 6. The van der Waals surface area contributed by atoms with Gasteiger partial charge in [-0.25, -0.2) is 4.98 Å². The van der Waals surface area contributed by atoms with E-state index >= 15 is 0 Å². The zero-order valence-electron chi connectivity index (χ0n) is 17.7. The average molecular weight is 428 g/mol. The number of hydrogen-bond donors (Lipinski definition) is 4. The molecule has 4 aromatic rings. The van der Waals surface area contributed by atoms with Gasteiger partial charge in [-0.2, -0.15) is 0 Å². The van der Waals surface area contributed by atoms with Crippen LogP contribution in [0.1, 0.15) is 16.8 Å². The third-order valence-corrected chi connectivity index (χ3v) is 5.56. The molecule has 0 bridgehead atoms. The summed E-state index contributed by atoms with van der Waals surface area (Å²) in [5.41, 5.74) is 3.92. The fraction of sp³-hybridized carbons (Fsp3) is 0.208. The molecule has 0 spiro atoms. The molecule has 1 aliphatic rings. The number of nitrogens with zero attached hydrogens (tertiary/aromatic N) is 2. The van der Waals surface area contributed by atoms with Crippen LogP contribution in [0.15, 0.2) is 60.9 Å². The molecule has 0 saturated carbocycles. The van der Waals surface area contributed by atoms with Crippen molar-refractivity contribution in [1.29, 1.82) is 0 Å². The van der Waals surface area contributed by atoms with Gasteiger partial charge in [-0.15, -0.1) is 0 Å². The van der Waals surface area contributed by atoms with Crippen molar-refractivity contribution in [3.8, 4) is 17.1 Å². The second-order valence-electron chi connectivity index (χ2n) is 7.76. The fourth-order valence-corrected chi connectivity index (χ4v) is 3.89. The van der Waals surface area contributed by atoms with Crippen LogP contribution >= 0.6 is 0 Å². The summed E-state index contributed by atoms with van der Waals surface area (Å²) in [6, 6.07) is 15.6. The molecule has 1 atom stereocenters. The molecule has 1 aliphatic heterocycles. The second-order valence-corrected chi connectivity index (χ2v) is 7.76. The van der Waals surface area contributed by atoms with Gasteiger partial charge in [-0.1, -0.05) is 18.2 Å². The molecule has 5 rings (SSSR count). The SMILES string of the molecule is COc1cc(C(=O)N[C@H]2CCNC2)ccc1Nc1cncc(-c2cc3ccccc3[nH]2)n1. The van der Waals surface area contributed by atoms with Crippen molar-refractivity contribution in [2.75, 3.05) is 25.5 Å². The highest BCUT2D eigenvalue weighted by Crippen LogP contribution is 2.29. The summed E-state index contributed by atoms with van der Waals surface area (Å²) in [5.74, 6) is 1.03. The molecular weight excluding hydrogens is 404 g/mol. The van der Waals surface area contributed by atoms with Gasteiger partial charge in [-0.3, -0.25) is 9.78 Å². The Hall–Kier alpha value is -3.91. The van der Waals surface area contributed by atoms with Crippen LogP contribution in [0.4, 0.5) is 11.5 Å². The number of rotatable bonds is 6. The lowest BCUT2D eigenvalue weighted by Crippen LogP contribution is -2.36. The number of H-pyrrole nitrogens is 1. The molecule has 4 N–H and O–H groups in total. The fourth-order valence-electron chi connectivity index (χ4n) is 3.89. The minimum atomic E-state index is -0.107. The normalized spacial score (nSPS) is 15.6. The van der Waals surface area contributed by atoms with Crippen molar-refractivity contribution in [3.05, 3.63) is 66.5 Å². The van der Waals surface area contributed by atoms with E-state index in [-0.39, 0.29) is 11.9 Å². The number of carbonyl (C=O) groups excluding carboxylic acids is 1. The number of aromatic amines is 1. The van der Waals surface area contributed by atoms with Crippen molar-refractivity contribution in [2.24, 2.45) is 0 Å². The van der Waals surface area contributed by atoms with Gasteiger partial charge in [0.15, 0.2) is 0 Å². The van der Waals surface area contributed by atoms with Crippen LogP contribution in [0.3, 0.4) is 0 Å². The topological polar surface area (TPSA) is 104 Å². The molecule has 2 aromatic heterocycles. The van der Waals surface area contributed by atoms with Gasteiger partial charge in [0.25, 0.3) is 5.91 Å². The molecule has 8 heteroatoms. The summed E-state index contributed by atoms with van der Waals surface area (Å²) >= 11 is 0. The number of para-hydroxylation sites is 1. The predicted octanol–water partition coefficient (Wildman–Crippen LogP) is 3.47. The third-order valence-electron chi connectivity index (χ3n) is 5.56. The lowest BCUT2D eigenvalue weighted by Gasteiger charge is -2.14. The molecule has 0 radical (unpaired) electrons. The zero-order valence-corrected chi connectivity index (χ0v) is 17.7. The van der Waals surface area contributed by atoms with Crippen molar-refractivity contribution in [3.63, 3.8) is 0 Å². The van der Waals surface area contributed by atoms with E-state index in [0.717, 1.165) is 41.8 Å². The number of carbonyl (C=O) groups is 1. The van der Waals surface area contributed by atoms with Gasteiger partial charge in [0.05, 0.1) is 30.9 Å². The van der Waals surface area contributed by atoms with E-state index in [1.165, 1.54) is 0 Å². The van der Waals surface area contributed by atoms with E-state index in [1.54, 1.807) is 31.6 Å². The van der Waals surface area contributed by atoms with Crippen molar-refractivity contribution in [1.82, 2.24) is 25.6 Å². The number of methoxy groups -OCH3 is 1. The van der Waals surface area contributed by atoms with Gasteiger partial charge in [0.1, 0.15) is 17.3 Å². The van der Waals surface area contributed by atoms with Crippen LogP contribution in [-0.4, -0.2) is 47.1 Å². The number of amides is 1. The van der Waals surface area contributed by atoms with Crippen molar-refractivity contribution >= 4 is 28.3 Å². The van der Waals surface area contributed by atoms with Crippen LogP contribution in [0.5, 0.6) is 5.75 Å². The van der Waals surface area contributed by atoms with Crippen LogP contribution < -0.4 is 20.7 Å². The highest BCUT2D eigenvalue weighted by atomic mass is 16.5. The van der Waals surface area contributed by atoms with Gasteiger partial charge >= 0.3 is 0 Å². The Labute approximate surface area is 185 Å². The Bertz CT molecular complexity index is 1230. The lowest BCUT2D eigenvalue weighted by molar-refractivity contribution is 0.0939. The van der Waals surface area contributed by atoms with Gasteiger partial charge in [0.2, 0.25) is 0 Å². The summed E-state index contributed by atoms with van der Waals surface area (Å²) in [6.07, 6.45) is 4.31. The molecule has 8 nitrogen and oxygen atoms in total. The van der Waals surface area contributed by atoms with Gasteiger partial charge < -0.3 is 25.7 Å². The first-order chi connectivity index (χ1) is 15.7. The molecule has 3 heterocycles. The number of anilines is 2. The lowest BCUT2D eigenvalue weighted by atomic mass is 10.1. The highest BCUT2D eigenvalue weighted by Gasteiger charge is 2.18. The predicted molar refractivity (Wildman–Crippen MR) is 124 cm³/mol. The quantitative estimate of drug-likeness (QED) is 0.375. The molecule has 0 unspecified atom stereocenters. The van der Waals surface area contributed by atoms with Crippen LogP contribution in [0.2, 0.25) is 0 Å². The summed E-state index contributed by atoms with van der Waals surface area (Å²) in [6.45, 7) is 1.73. The summed E-state index contributed by atoms with van der Waals surface area (Å²) in [4.78, 5) is 25.0. The minimum absolute atomic E-state index is 0.107. The first-order valence-corrected chi connectivity index (χ1v) is 10.6. The molecule has 0 aliphatic carbocycles. The van der Waals surface area contributed by atoms with Gasteiger partial charge in [0, 0.05) is 29.1 Å². The van der Waals surface area contributed by atoms with Crippen LogP contribution in [-0.2, 0) is 0 Å². The maximum atomic E-state index is 12.6. The molecule has 32 heavy (non-hydrogen) atoms. The van der Waals surface area contributed by atoms with Crippen molar-refractivity contribution in [2.45, 2.75) is 12.5 Å². The largest absolute Gasteiger partial charge is 0.495 e. The molecule has 2 aromatic carbocycles. The zero-order chi connectivity index (χ0) is 21.9. The molecule has 1 saturated heterocycles. The molecule has 162 valence electrons. The van der Waals surface area contributed by atoms with E-state index in [2.05, 4.69) is 43.0 Å².